The van der Waals surface area contributed by atoms with Crippen molar-refractivity contribution in [3.63, 3.8) is 0 Å². The second-order valence-corrected chi connectivity index (χ2v) is 8.22. The highest BCUT2D eigenvalue weighted by molar-refractivity contribution is 7.09. The van der Waals surface area contributed by atoms with Gasteiger partial charge in [-0.05, 0) is 43.4 Å². The van der Waals surface area contributed by atoms with Gasteiger partial charge in [0.1, 0.15) is 0 Å². The van der Waals surface area contributed by atoms with Crippen LogP contribution in [0.2, 0.25) is 0 Å². The fraction of sp³-hybridized carbons (Fsp3) is 0.381. The minimum Gasteiger partial charge on any atom is -0.333 e. The van der Waals surface area contributed by atoms with Crippen LogP contribution in [0.4, 0.5) is 4.79 Å². The molecule has 0 saturated carbocycles. The highest BCUT2D eigenvalue weighted by Gasteiger charge is 2.14. The molecule has 0 spiro atoms. The molecule has 1 fully saturated rings. The Hall–Kier alpha value is -2.71. The predicted molar refractivity (Wildman–Crippen MR) is 115 cm³/mol. The Morgan fingerprint density at radius 2 is 1.76 bits per heavy atom. The van der Waals surface area contributed by atoms with Gasteiger partial charge in [-0.1, -0.05) is 24.3 Å². The van der Waals surface area contributed by atoms with E-state index in [-0.39, 0.29) is 18.1 Å². The van der Waals surface area contributed by atoms with E-state index in [0.717, 1.165) is 29.9 Å². The van der Waals surface area contributed by atoms with E-state index in [1.54, 1.807) is 16.0 Å². The molecule has 152 valence electrons. The van der Waals surface area contributed by atoms with Crippen molar-refractivity contribution in [3.8, 4) is 0 Å². The van der Waals surface area contributed by atoms with Crippen molar-refractivity contribution in [1.29, 1.82) is 0 Å². The number of carbonyl (C=O) groups excluding carboxylic acids is 1. The Bertz CT molecular complexity index is 1030. The van der Waals surface area contributed by atoms with E-state index in [4.69, 9.17) is 0 Å². The van der Waals surface area contributed by atoms with Crippen molar-refractivity contribution in [1.82, 2.24) is 25.3 Å². The van der Waals surface area contributed by atoms with Crippen LogP contribution in [0.1, 0.15) is 23.4 Å². The zero-order valence-electron chi connectivity index (χ0n) is 16.3. The number of fused-ring (bicyclic) bond motifs is 1. The molecule has 3 heterocycles. The molecule has 1 saturated heterocycles. The van der Waals surface area contributed by atoms with Crippen LogP contribution in [0.15, 0.2) is 46.6 Å². The first-order valence-electron chi connectivity index (χ1n) is 9.96. The predicted octanol–water partition coefficient (Wildman–Crippen LogP) is 2.55. The number of benzene rings is 1. The van der Waals surface area contributed by atoms with Crippen LogP contribution in [0.25, 0.3) is 10.8 Å². The van der Waals surface area contributed by atoms with Gasteiger partial charge in [0, 0.05) is 16.8 Å². The molecule has 1 aliphatic heterocycles. The summed E-state index contributed by atoms with van der Waals surface area (Å²) in [6, 6.07) is 11.1. The second kappa shape index (κ2) is 9.19. The van der Waals surface area contributed by atoms with E-state index in [2.05, 4.69) is 20.6 Å². The van der Waals surface area contributed by atoms with E-state index >= 15 is 0 Å². The summed E-state index contributed by atoms with van der Waals surface area (Å²) in [7, 11) is 0. The smallest absolute Gasteiger partial charge is 0.315 e. The van der Waals surface area contributed by atoms with Gasteiger partial charge in [0.15, 0.2) is 0 Å². The Morgan fingerprint density at radius 3 is 2.52 bits per heavy atom. The Labute approximate surface area is 173 Å². The Kier molecular flexibility index (Phi) is 6.21. The number of urea groups is 1. The van der Waals surface area contributed by atoms with E-state index in [1.807, 2.05) is 41.8 Å². The summed E-state index contributed by atoms with van der Waals surface area (Å²) in [5.74, 6) is 0. The largest absolute Gasteiger partial charge is 0.333 e. The summed E-state index contributed by atoms with van der Waals surface area (Å²) < 4.78 is 1.54. The third-order valence-electron chi connectivity index (χ3n) is 5.19. The van der Waals surface area contributed by atoms with Crippen molar-refractivity contribution < 1.29 is 4.79 Å². The summed E-state index contributed by atoms with van der Waals surface area (Å²) in [5, 5.41) is 13.7. The molecule has 0 unspecified atom stereocenters. The molecule has 0 aliphatic carbocycles. The Balaban J connectivity index is 1.47. The fourth-order valence-electron chi connectivity index (χ4n) is 3.64. The van der Waals surface area contributed by atoms with E-state index in [0.29, 0.717) is 24.2 Å². The molecule has 0 radical (unpaired) electrons. The van der Waals surface area contributed by atoms with E-state index < -0.39 is 0 Å². The highest BCUT2D eigenvalue weighted by Crippen LogP contribution is 2.14. The maximum absolute atomic E-state index is 12.8. The van der Waals surface area contributed by atoms with Gasteiger partial charge in [0.2, 0.25) is 0 Å². The average molecular weight is 412 g/mol. The lowest BCUT2D eigenvalue weighted by molar-refractivity contribution is 0.240. The number of hydrogen-bond donors (Lipinski definition) is 2. The van der Waals surface area contributed by atoms with Crippen LogP contribution < -0.4 is 16.2 Å². The highest BCUT2D eigenvalue weighted by atomic mass is 32.1. The molecular formula is C21H25N5O2S. The monoisotopic (exact) mass is 411 g/mol. The zero-order valence-corrected chi connectivity index (χ0v) is 17.1. The first-order chi connectivity index (χ1) is 14.2. The van der Waals surface area contributed by atoms with Crippen molar-refractivity contribution in [2.24, 2.45) is 0 Å². The van der Waals surface area contributed by atoms with Crippen LogP contribution in [0.5, 0.6) is 0 Å². The second-order valence-electron chi connectivity index (χ2n) is 7.18. The maximum Gasteiger partial charge on any atom is 0.315 e. The van der Waals surface area contributed by atoms with Crippen LogP contribution in [0, 0.1) is 0 Å². The lowest BCUT2D eigenvalue weighted by atomic mass is 10.1. The molecule has 1 aliphatic rings. The minimum atomic E-state index is -0.251. The first-order valence-corrected chi connectivity index (χ1v) is 10.8. The fourth-order valence-corrected chi connectivity index (χ4v) is 4.28. The summed E-state index contributed by atoms with van der Waals surface area (Å²) in [5.41, 5.74) is 0.624. The number of nitrogens with one attached hydrogen (secondary N) is 2. The van der Waals surface area contributed by atoms with Crippen molar-refractivity contribution in [2.75, 3.05) is 19.6 Å². The summed E-state index contributed by atoms with van der Waals surface area (Å²) in [6.45, 7) is 4.30. The number of hydrogen-bond acceptors (Lipinski definition) is 5. The van der Waals surface area contributed by atoms with Crippen molar-refractivity contribution in [2.45, 2.75) is 32.5 Å². The molecule has 8 heteroatoms. The lowest BCUT2D eigenvalue weighted by Gasteiger charge is -2.16. The molecule has 2 amide bonds. The van der Waals surface area contributed by atoms with Crippen LogP contribution in [-0.4, -0.2) is 40.3 Å². The first kappa shape index (κ1) is 19.6. The third-order valence-corrected chi connectivity index (χ3v) is 6.07. The van der Waals surface area contributed by atoms with E-state index in [9.17, 15) is 9.59 Å². The van der Waals surface area contributed by atoms with Gasteiger partial charge >= 0.3 is 6.03 Å². The molecule has 4 rings (SSSR count). The van der Waals surface area contributed by atoms with Gasteiger partial charge < -0.3 is 15.5 Å². The molecule has 0 bridgehead atoms. The quantitative estimate of drug-likeness (QED) is 0.626. The van der Waals surface area contributed by atoms with Crippen LogP contribution in [0.3, 0.4) is 0 Å². The SMILES string of the molecule is O=C(NCc1cccs1)NCc1nn(CCN2CCCC2)c(=O)c2ccccc12. The molecule has 7 nitrogen and oxygen atoms in total. The standard InChI is InChI=1S/C21H25N5O2S/c27-20-18-8-2-1-7-17(18)19(24-26(20)12-11-25-9-3-4-10-25)15-23-21(28)22-14-16-6-5-13-29-16/h1-2,5-8,13H,3-4,9-12,14-15H2,(H2,22,23,28). The van der Waals surface area contributed by atoms with Gasteiger partial charge in [0.05, 0.1) is 30.7 Å². The van der Waals surface area contributed by atoms with Crippen LogP contribution >= 0.6 is 11.3 Å². The molecule has 2 aromatic heterocycles. The Morgan fingerprint density at radius 1 is 1.00 bits per heavy atom. The molecule has 2 N–H and O–H groups in total. The molecule has 3 aromatic rings. The summed E-state index contributed by atoms with van der Waals surface area (Å²) in [4.78, 5) is 28.5. The molecule has 29 heavy (non-hydrogen) atoms. The number of aromatic nitrogens is 2. The number of likely N-dealkylation sites (tertiary alicyclic amines) is 1. The van der Waals surface area contributed by atoms with Crippen molar-refractivity contribution in [3.05, 3.63) is 62.7 Å². The zero-order chi connectivity index (χ0) is 20.1. The number of carbonyl (C=O) groups is 1. The third kappa shape index (κ3) is 4.83. The number of amides is 2. The molecule has 1 aromatic carbocycles. The molecule has 0 atom stereocenters. The van der Waals surface area contributed by atoms with Gasteiger partial charge in [-0.3, -0.25) is 4.79 Å². The average Bonchev–Trinajstić information content (AvgIpc) is 3.45. The van der Waals surface area contributed by atoms with Gasteiger partial charge in [-0.2, -0.15) is 5.10 Å². The van der Waals surface area contributed by atoms with Crippen LogP contribution in [-0.2, 0) is 19.6 Å². The van der Waals surface area contributed by atoms with Gasteiger partial charge in [0.25, 0.3) is 5.56 Å². The number of thiophene rings is 1. The number of rotatable bonds is 7. The van der Waals surface area contributed by atoms with E-state index in [1.165, 1.54) is 12.8 Å². The molecular weight excluding hydrogens is 386 g/mol. The summed E-state index contributed by atoms with van der Waals surface area (Å²) in [6.07, 6.45) is 2.44. The lowest BCUT2D eigenvalue weighted by Crippen LogP contribution is -2.36. The number of nitrogens with zero attached hydrogens (tertiary/aromatic N) is 3. The summed E-state index contributed by atoms with van der Waals surface area (Å²) >= 11 is 1.60. The van der Waals surface area contributed by atoms with Gasteiger partial charge in [-0.15, -0.1) is 11.3 Å². The maximum atomic E-state index is 12.8. The normalized spacial score (nSPS) is 14.3. The van der Waals surface area contributed by atoms with Gasteiger partial charge in [-0.25, -0.2) is 9.48 Å². The minimum absolute atomic E-state index is 0.0781. The topological polar surface area (TPSA) is 79.3 Å². The van der Waals surface area contributed by atoms with Crippen molar-refractivity contribution >= 4 is 28.1 Å².